The zero-order chi connectivity index (χ0) is 30.2. The van der Waals surface area contributed by atoms with E-state index in [4.69, 9.17) is 11.6 Å². The fraction of sp³-hybridized carbons (Fsp3) is 0.375. The molecule has 0 aliphatic carbocycles. The Balaban J connectivity index is 1.90. The topological polar surface area (TPSA) is 86.8 Å². The maximum atomic E-state index is 13.9. The summed E-state index contributed by atoms with van der Waals surface area (Å²) in [7, 11) is -3.59. The summed E-state index contributed by atoms with van der Waals surface area (Å²) in [4.78, 5) is 29.2. The van der Waals surface area contributed by atoms with E-state index in [-0.39, 0.29) is 37.7 Å². The summed E-state index contributed by atoms with van der Waals surface area (Å²) >= 11 is 5.99. The van der Waals surface area contributed by atoms with E-state index in [0.29, 0.717) is 17.1 Å². The Hall–Kier alpha value is -3.36. The number of carbonyl (C=O) groups excluding carboxylic acids is 2. The molecule has 2 amide bonds. The van der Waals surface area contributed by atoms with E-state index in [2.05, 4.69) is 5.32 Å². The molecule has 0 heterocycles. The molecule has 3 rings (SSSR count). The zero-order valence-corrected chi connectivity index (χ0v) is 26.0. The number of carbonyl (C=O) groups is 2. The molecule has 0 fully saturated rings. The molecular weight excluding hydrogens is 558 g/mol. The smallest absolute Gasteiger partial charge is 0.243 e. The number of rotatable bonds is 12. The molecule has 7 nitrogen and oxygen atoms in total. The highest BCUT2D eigenvalue weighted by Crippen LogP contribution is 2.22. The van der Waals surface area contributed by atoms with E-state index in [1.165, 1.54) is 4.31 Å². The quantitative estimate of drug-likeness (QED) is 0.288. The lowest BCUT2D eigenvalue weighted by Crippen LogP contribution is -2.54. The Morgan fingerprint density at radius 2 is 1.56 bits per heavy atom. The van der Waals surface area contributed by atoms with Crippen molar-refractivity contribution in [3.63, 3.8) is 0 Å². The van der Waals surface area contributed by atoms with Gasteiger partial charge in [-0.15, -0.1) is 0 Å². The van der Waals surface area contributed by atoms with Gasteiger partial charge >= 0.3 is 0 Å². The number of hydrogen-bond acceptors (Lipinski definition) is 4. The maximum absolute atomic E-state index is 13.9. The molecule has 0 spiro atoms. The molecule has 41 heavy (non-hydrogen) atoms. The molecule has 1 atom stereocenters. The third-order valence-electron chi connectivity index (χ3n) is 6.47. The second-order valence-corrected chi connectivity index (χ2v) is 13.7. The molecular formula is C32H40ClN3O4S. The van der Waals surface area contributed by atoms with Crippen molar-refractivity contribution in [1.82, 2.24) is 10.2 Å². The predicted octanol–water partition coefficient (Wildman–Crippen LogP) is 5.75. The van der Waals surface area contributed by atoms with E-state index in [0.717, 1.165) is 22.9 Å². The summed E-state index contributed by atoms with van der Waals surface area (Å²) in [5.74, 6) is -0.456. The van der Waals surface area contributed by atoms with Gasteiger partial charge in [-0.25, -0.2) is 8.42 Å². The van der Waals surface area contributed by atoms with Crippen molar-refractivity contribution in [3.8, 4) is 0 Å². The van der Waals surface area contributed by atoms with Gasteiger partial charge in [0.15, 0.2) is 0 Å². The van der Waals surface area contributed by atoms with Gasteiger partial charge in [-0.2, -0.15) is 0 Å². The lowest BCUT2D eigenvalue weighted by Gasteiger charge is -2.34. The number of benzene rings is 3. The average molecular weight is 598 g/mol. The molecule has 0 saturated carbocycles. The minimum absolute atomic E-state index is 0.0690. The van der Waals surface area contributed by atoms with Crippen molar-refractivity contribution >= 4 is 39.1 Å². The summed E-state index contributed by atoms with van der Waals surface area (Å²) in [6, 6.07) is 23.3. The third kappa shape index (κ3) is 10.2. The molecule has 0 aromatic heterocycles. The molecule has 9 heteroatoms. The predicted molar refractivity (Wildman–Crippen MR) is 166 cm³/mol. The van der Waals surface area contributed by atoms with Crippen molar-refractivity contribution in [2.75, 3.05) is 17.1 Å². The Labute approximate surface area is 249 Å². The van der Waals surface area contributed by atoms with Gasteiger partial charge in [0.25, 0.3) is 0 Å². The molecule has 1 unspecified atom stereocenters. The molecule has 3 aromatic rings. The Morgan fingerprint density at radius 1 is 0.927 bits per heavy atom. The van der Waals surface area contributed by atoms with Crippen LogP contribution in [0.25, 0.3) is 0 Å². The van der Waals surface area contributed by atoms with Gasteiger partial charge in [-0.1, -0.05) is 71.8 Å². The van der Waals surface area contributed by atoms with Crippen molar-refractivity contribution in [1.29, 1.82) is 0 Å². The number of halogens is 1. The lowest BCUT2D eigenvalue weighted by atomic mass is 10.00. The van der Waals surface area contributed by atoms with Crippen molar-refractivity contribution in [2.24, 2.45) is 0 Å². The number of hydrogen-bond donors (Lipinski definition) is 1. The second-order valence-electron chi connectivity index (χ2n) is 11.4. The summed E-state index contributed by atoms with van der Waals surface area (Å²) in [5, 5.41) is 3.56. The number of amides is 2. The van der Waals surface area contributed by atoms with Gasteiger partial charge in [0.2, 0.25) is 21.8 Å². The first-order valence-electron chi connectivity index (χ1n) is 13.7. The Kier molecular flexibility index (Phi) is 11.0. The van der Waals surface area contributed by atoms with Crippen LogP contribution in [0.2, 0.25) is 5.02 Å². The fourth-order valence-corrected chi connectivity index (χ4v) is 5.72. The average Bonchev–Trinajstić information content (AvgIpc) is 2.88. The van der Waals surface area contributed by atoms with Crippen molar-refractivity contribution < 1.29 is 18.0 Å². The van der Waals surface area contributed by atoms with E-state index < -0.39 is 21.6 Å². The van der Waals surface area contributed by atoms with Crippen LogP contribution < -0.4 is 9.62 Å². The summed E-state index contributed by atoms with van der Waals surface area (Å²) in [6.45, 7) is 8.08. The minimum Gasteiger partial charge on any atom is -0.350 e. The van der Waals surface area contributed by atoms with Crippen molar-refractivity contribution in [3.05, 3.63) is 101 Å². The van der Waals surface area contributed by atoms with Crippen LogP contribution in [0.4, 0.5) is 5.69 Å². The van der Waals surface area contributed by atoms with E-state index in [9.17, 15) is 18.0 Å². The second kappa shape index (κ2) is 14.0. The van der Waals surface area contributed by atoms with E-state index in [1.807, 2.05) is 82.3 Å². The number of nitrogens with zero attached hydrogens (tertiary/aromatic N) is 2. The number of sulfonamides is 1. The van der Waals surface area contributed by atoms with Gasteiger partial charge in [-0.05, 0) is 69.5 Å². The maximum Gasteiger partial charge on any atom is 0.243 e. The van der Waals surface area contributed by atoms with Gasteiger partial charge in [0.05, 0.1) is 11.9 Å². The Bertz CT molecular complexity index is 1420. The summed E-state index contributed by atoms with van der Waals surface area (Å²) in [6.07, 6.45) is 1.83. The minimum atomic E-state index is -3.59. The first-order valence-corrected chi connectivity index (χ1v) is 15.9. The Morgan fingerprint density at radius 3 is 2.15 bits per heavy atom. The summed E-state index contributed by atoms with van der Waals surface area (Å²) < 4.78 is 26.4. The highest BCUT2D eigenvalue weighted by atomic mass is 35.5. The fourth-order valence-electron chi connectivity index (χ4n) is 4.63. The number of aryl methyl sites for hydroxylation is 1. The van der Waals surface area contributed by atoms with E-state index in [1.54, 1.807) is 29.2 Å². The van der Waals surface area contributed by atoms with Crippen LogP contribution in [0, 0.1) is 6.92 Å². The SMILES string of the molecule is Cc1cccc(CN(C(=O)CCCN(c2ccc(Cl)cc2)S(C)(=O)=O)C(Cc2ccccc2)C(=O)NC(C)(C)C)c1. The van der Waals surface area contributed by atoms with Crippen LogP contribution in [0.1, 0.15) is 50.3 Å². The largest absolute Gasteiger partial charge is 0.350 e. The molecule has 0 radical (unpaired) electrons. The highest BCUT2D eigenvalue weighted by Gasteiger charge is 2.32. The lowest BCUT2D eigenvalue weighted by molar-refractivity contribution is -0.142. The van der Waals surface area contributed by atoms with Gasteiger partial charge < -0.3 is 10.2 Å². The molecule has 1 N–H and O–H groups in total. The molecule has 0 bridgehead atoms. The highest BCUT2D eigenvalue weighted by molar-refractivity contribution is 7.92. The molecule has 0 aliphatic heterocycles. The van der Waals surface area contributed by atoms with Crippen LogP contribution >= 0.6 is 11.6 Å². The van der Waals surface area contributed by atoms with E-state index >= 15 is 0 Å². The van der Waals surface area contributed by atoms with Crippen LogP contribution in [0.5, 0.6) is 0 Å². The molecule has 0 aliphatic rings. The standard InChI is InChI=1S/C32H40ClN3O4S/c1-24-11-9-14-26(21-24)23-35(29(31(38)34-32(2,3)4)22-25-12-7-6-8-13-25)30(37)15-10-20-36(41(5,39)40)28-18-16-27(33)17-19-28/h6-9,11-14,16-19,21,29H,10,15,20,22-23H2,1-5H3,(H,34,38). The molecule has 3 aromatic carbocycles. The zero-order valence-electron chi connectivity index (χ0n) is 24.4. The molecule has 220 valence electrons. The summed E-state index contributed by atoms with van der Waals surface area (Å²) in [5.41, 5.74) is 2.90. The third-order valence-corrected chi connectivity index (χ3v) is 7.92. The first-order chi connectivity index (χ1) is 19.2. The van der Waals surface area contributed by atoms with Gasteiger partial charge in [0.1, 0.15) is 6.04 Å². The van der Waals surface area contributed by atoms with Gasteiger partial charge in [-0.3, -0.25) is 13.9 Å². The first kappa shape index (κ1) is 32.2. The monoisotopic (exact) mass is 597 g/mol. The van der Waals surface area contributed by atoms with Crippen LogP contribution in [0.15, 0.2) is 78.9 Å². The van der Waals surface area contributed by atoms with Crippen LogP contribution in [-0.4, -0.2) is 49.5 Å². The normalized spacial score (nSPS) is 12.4. The number of anilines is 1. The van der Waals surface area contributed by atoms with Crippen LogP contribution in [0.3, 0.4) is 0 Å². The van der Waals surface area contributed by atoms with Crippen LogP contribution in [-0.2, 0) is 32.6 Å². The van der Waals surface area contributed by atoms with Crippen molar-refractivity contribution in [2.45, 2.75) is 65.1 Å². The van der Waals surface area contributed by atoms with Gasteiger partial charge in [0, 0.05) is 36.5 Å². The molecule has 0 saturated heterocycles. The number of nitrogens with one attached hydrogen (secondary N) is 1.